The van der Waals surface area contributed by atoms with E-state index in [0.717, 1.165) is 32.1 Å². The highest BCUT2D eigenvalue weighted by molar-refractivity contribution is 4.88. The fourth-order valence-corrected chi connectivity index (χ4v) is 2.90. The second-order valence-electron chi connectivity index (χ2n) is 4.73. The molecule has 0 bridgehead atoms. The topological polar surface area (TPSA) is 21.7 Å². The summed E-state index contributed by atoms with van der Waals surface area (Å²) in [5, 5.41) is 0. The van der Waals surface area contributed by atoms with Gasteiger partial charge in [-0.1, -0.05) is 0 Å². The van der Waals surface area contributed by atoms with Crippen LogP contribution in [-0.2, 0) is 9.47 Å². The van der Waals surface area contributed by atoms with E-state index in [2.05, 4.69) is 4.90 Å². The average molecular weight is 197 g/mol. The Morgan fingerprint density at radius 3 is 2.14 bits per heavy atom. The maximum absolute atomic E-state index is 5.72. The molecule has 3 aliphatic rings. The molecule has 0 unspecified atom stereocenters. The monoisotopic (exact) mass is 197 g/mol. The van der Waals surface area contributed by atoms with Gasteiger partial charge in [-0.05, 0) is 32.4 Å². The molecule has 0 aromatic heterocycles. The predicted molar refractivity (Wildman–Crippen MR) is 53.1 cm³/mol. The van der Waals surface area contributed by atoms with Crippen molar-refractivity contribution < 1.29 is 9.47 Å². The zero-order valence-electron chi connectivity index (χ0n) is 8.71. The van der Waals surface area contributed by atoms with Gasteiger partial charge in [-0.25, -0.2) is 0 Å². The van der Waals surface area contributed by atoms with Crippen molar-refractivity contribution >= 4 is 0 Å². The minimum absolute atomic E-state index is 0.165. The number of hydrogen-bond acceptors (Lipinski definition) is 3. The predicted octanol–water partition coefficient (Wildman–Crippen LogP) is 1.38. The van der Waals surface area contributed by atoms with Crippen molar-refractivity contribution in [3.05, 3.63) is 0 Å². The molecule has 80 valence electrons. The summed E-state index contributed by atoms with van der Waals surface area (Å²) in [5.41, 5.74) is 0. The molecule has 0 atom stereocenters. The van der Waals surface area contributed by atoms with Crippen LogP contribution >= 0.6 is 0 Å². The lowest BCUT2D eigenvalue weighted by atomic mass is 9.88. The Morgan fingerprint density at radius 1 is 1.00 bits per heavy atom. The molecule has 1 aliphatic carbocycles. The lowest BCUT2D eigenvalue weighted by molar-refractivity contribution is -0.185. The molecule has 0 aromatic carbocycles. The number of nitrogens with zero attached hydrogens (tertiary/aromatic N) is 1. The fourth-order valence-electron chi connectivity index (χ4n) is 2.90. The molecular formula is C11H19NO2. The molecule has 0 amide bonds. The molecule has 0 aromatic rings. The van der Waals surface area contributed by atoms with Crippen LogP contribution in [0.5, 0.6) is 0 Å². The summed E-state index contributed by atoms with van der Waals surface area (Å²) in [5.74, 6) is -0.165. The molecular weight excluding hydrogens is 178 g/mol. The van der Waals surface area contributed by atoms with Gasteiger partial charge >= 0.3 is 0 Å². The van der Waals surface area contributed by atoms with Gasteiger partial charge in [-0.3, -0.25) is 0 Å². The van der Waals surface area contributed by atoms with Crippen molar-refractivity contribution in [2.24, 2.45) is 0 Å². The molecule has 0 N–H and O–H groups in total. The number of ether oxygens (including phenoxy) is 2. The molecule has 2 aliphatic heterocycles. The Hall–Kier alpha value is -0.120. The first-order valence-corrected chi connectivity index (χ1v) is 5.90. The minimum Gasteiger partial charge on any atom is -0.348 e. The zero-order valence-corrected chi connectivity index (χ0v) is 8.71. The Balaban J connectivity index is 1.55. The van der Waals surface area contributed by atoms with Crippen LogP contribution in [0.1, 0.15) is 32.1 Å². The highest BCUT2D eigenvalue weighted by Crippen LogP contribution is 2.38. The van der Waals surface area contributed by atoms with Crippen LogP contribution in [0.3, 0.4) is 0 Å². The molecule has 14 heavy (non-hydrogen) atoms. The van der Waals surface area contributed by atoms with Crippen LogP contribution in [0, 0.1) is 0 Å². The van der Waals surface area contributed by atoms with Gasteiger partial charge in [-0.15, -0.1) is 0 Å². The average Bonchev–Trinajstić information content (AvgIpc) is 2.55. The second kappa shape index (κ2) is 3.47. The first kappa shape index (κ1) is 9.13. The summed E-state index contributed by atoms with van der Waals surface area (Å²) in [4.78, 5) is 2.61. The van der Waals surface area contributed by atoms with E-state index in [1.807, 2.05) is 0 Å². The lowest BCUT2D eigenvalue weighted by Gasteiger charge is -2.44. The fraction of sp³-hybridized carbons (Fsp3) is 1.00. The van der Waals surface area contributed by atoms with Crippen molar-refractivity contribution in [2.75, 3.05) is 26.3 Å². The van der Waals surface area contributed by atoms with Crippen LogP contribution in [0.2, 0.25) is 0 Å². The summed E-state index contributed by atoms with van der Waals surface area (Å²) in [6.45, 7) is 4.24. The molecule has 3 nitrogen and oxygen atoms in total. The van der Waals surface area contributed by atoms with Crippen LogP contribution in [0.25, 0.3) is 0 Å². The minimum atomic E-state index is -0.165. The van der Waals surface area contributed by atoms with Crippen LogP contribution in [-0.4, -0.2) is 43.0 Å². The molecule has 3 rings (SSSR count). The van der Waals surface area contributed by atoms with E-state index in [9.17, 15) is 0 Å². The Bertz CT molecular complexity index is 199. The maximum Gasteiger partial charge on any atom is 0.168 e. The maximum atomic E-state index is 5.72. The molecule has 1 saturated carbocycles. The van der Waals surface area contributed by atoms with E-state index in [-0.39, 0.29) is 5.79 Å². The van der Waals surface area contributed by atoms with Gasteiger partial charge in [0.1, 0.15) is 0 Å². The van der Waals surface area contributed by atoms with Gasteiger partial charge < -0.3 is 14.4 Å². The number of hydrogen-bond donors (Lipinski definition) is 0. The van der Waals surface area contributed by atoms with Crippen molar-refractivity contribution in [1.82, 2.24) is 4.90 Å². The molecule has 2 saturated heterocycles. The first-order chi connectivity index (χ1) is 6.88. The summed E-state index contributed by atoms with van der Waals surface area (Å²) in [6.07, 6.45) is 6.14. The normalized spacial score (nSPS) is 33.4. The third kappa shape index (κ3) is 1.47. The molecule has 3 fully saturated rings. The second-order valence-corrected chi connectivity index (χ2v) is 4.73. The van der Waals surface area contributed by atoms with E-state index >= 15 is 0 Å². The van der Waals surface area contributed by atoms with Gasteiger partial charge in [-0.2, -0.15) is 0 Å². The summed E-state index contributed by atoms with van der Waals surface area (Å²) >= 11 is 0. The van der Waals surface area contributed by atoms with Crippen molar-refractivity contribution in [3.63, 3.8) is 0 Å². The summed E-state index contributed by atoms with van der Waals surface area (Å²) in [6, 6.07) is 0.821. The van der Waals surface area contributed by atoms with Gasteiger partial charge in [0.25, 0.3) is 0 Å². The number of likely N-dealkylation sites (tertiary alicyclic amines) is 1. The molecule has 0 radical (unpaired) electrons. The largest absolute Gasteiger partial charge is 0.348 e. The van der Waals surface area contributed by atoms with Crippen molar-refractivity contribution in [3.8, 4) is 0 Å². The van der Waals surface area contributed by atoms with E-state index in [4.69, 9.17) is 9.47 Å². The molecule has 1 spiro atoms. The van der Waals surface area contributed by atoms with Gasteiger partial charge in [0, 0.05) is 18.9 Å². The number of rotatable bonds is 1. The zero-order chi connectivity index (χ0) is 9.43. The van der Waals surface area contributed by atoms with Gasteiger partial charge in [0.15, 0.2) is 5.79 Å². The SMILES string of the molecule is C1CN(C2CCC3(CC2)OCCO3)C1. The van der Waals surface area contributed by atoms with E-state index in [1.165, 1.54) is 32.4 Å². The van der Waals surface area contributed by atoms with Crippen molar-refractivity contribution in [2.45, 2.75) is 43.9 Å². The summed E-state index contributed by atoms with van der Waals surface area (Å²) in [7, 11) is 0. The van der Waals surface area contributed by atoms with Gasteiger partial charge in [0.2, 0.25) is 0 Å². The third-order valence-corrected chi connectivity index (χ3v) is 3.94. The smallest absolute Gasteiger partial charge is 0.168 e. The Morgan fingerprint density at radius 2 is 1.64 bits per heavy atom. The molecule has 2 heterocycles. The van der Waals surface area contributed by atoms with Crippen LogP contribution in [0.15, 0.2) is 0 Å². The van der Waals surface area contributed by atoms with Crippen LogP contribution < -0.4 is 0 Å². The molecule has 3 heteroatoms. The standard InChI is InChI=1S/C11H19NO2/c1-6-12(7-1)10-2-4-11(5-3-10)13-8-9-14-11/h10H,1-9H2. The van der Waals surface area contributed by atoms with E-state index < -0.39 is 0 Å². The van der Waals surface area contributed by atoms with Crippen LogP contribution in [0.4, 0.5) is 0 Å². The first-order valence-electron chi connectivity index (χ1n) is 5.90. The highest BCUT2D eigenvalue weighted by Gasteiger charge is 2.41. The third-order valence-electron chi connectivity index (χ3n) is 3.94. The Kier molecular flexibility index (Phi) is 2.26. The lowest BCUT2D eigenvalue weighted by Crippen LogP contribution is -2.49. The van der Waals surface area contributed by atoms with E-state index in [1.54, 1.807) is 0 Å². The van der Waals surface area contributed by atoms with E-state index in [0.29, 0.717) is 0 Å². The quantitative estimate of drug-likeness (QED) is 0.634. The van der Waals surface area contributed by atoms with Gasteiger partial charge in [0.05, 0.1) is 13.2 Å². The Labute approximate surface area is 85.4 Å². The summed E-state index contributed by atoms with van der Waals surface area (Å²) < 4.78 is 11.4. The van der Waals surface area contributed by atoms with Crippen molar-refractivity contribution in [1.29, 1.82) is 0 Å². The highest BCUT2D eigenvalue weighted by atomic mass is 16.7.